The smallest absolute Gasteiger partial charge is 0.0231 e. The lowest BCUT2D eigenvalue weighted by molar-refractivity contribution is 0.363. The molecule has 0 spiro atoms. The maximum Gasteiger partial charge on any atom is -0.0231 e. The van der Waals surface area contributed by atoms with E-state index in [1.54, 1.807) is 0 Å². The van der Waals surface area contributed by atoms with Gasteiger partial charge in [0.1, 0.15) is 0 Å². The Morgan fingerprint density at radius 1 is 0.677 bits per heavy atom. The molecule has 0 aromatic heterocycles. The summed E-state index contributed by atoms with van der Waals surface area (Å²) < 4.78 is 0. The van der Waals surface area contributed by atoms with E-state index in [0.717, 1.165) is 17.8 Å². The van der Waals surface area contributed by atoms with E-state index < -0.39 is 0 Å². The quantitative estimate of drug-likeness (QED) is 0.200. The lowest BCUT2D eigenvalue weighted by atomic mass is 9.84. The predicted octanol–water partition coefficient (Wildman–Crippen LogP) is 11.1. The third-order valence-electron chi connectivity index (χ3n) is 6.84. The average molecular weight is 433 g/mol. The van der Waals surface area contributed by atoms with Crippen molar-refractivity contribution in [3.8, 4) is 0 Å². The van der Waals surface area contributed by atoms with Gasteiger partial charge in [-0.05, 0) is 75.5 Å². The highest BCUT2D eigenvalue weighted by molar-refractivity contribution is 5.15. The van der Waals surface area contributed by atoms with E-state index in [2.05, 4.69) is 107 Å². The van der Waals surface area contributed by atoms with E-state index in [1.807, 2.05) is 13.8 Å². The van der Waals surface area contributed by atoms with Gasteiger partial charge in [-0.3, -0.25) is 0 Å². The fourth-order valence-corrected chi connectivity index (χ4v) is 3.21. The lowest BCUT2D eigenvalue weighted by Gasteiger charge is -2.22. The molecule has 31 heavy (non-hydrogen) atoms. The van der Waals surface area contributed by atoms with Crippen LogP contribution in [0.1, 0.15) is 115 Å². The first-order chi connectivity index (χ1) is 14.6. The molecule has 6 atom stereocenters. The number of allylic oxidation sites excluding steroid dienone is 6. The van der Waals surface area contributed by atoms with Crippen molar-refractivity contribution < 1.29 is 0 Å². The first-order valence-corrected chi connectivity index (χ1v) is 13.1. The molecule has 0 heteroatoms. The minimum Gasteiger partial charge on any atom is -0.106 e. The van der Waals surface area contributed by atoms with Crippen LogP contribution in [0, 0.1) is 35.5 Å². The van der Waals surface area contributed by atoms with Crippen molar-refractivity contribution in [2.45, 2.75) is 115 Å². The van der Waals surface area contributed by atoms with Crippen molar-refractivity contribution in [3.63, 3.8) is 0 Å². The minimum absolute atomic E-state index is 0.670. The van der Waals surface area contributed by atoms with Gasteiger partial charge in [0.25, 0.3) is 0 Å². The van der Waals surface area contributed by atoms with Crippen molar-refractivity contribution in [2.24, 2.45) is 35.5 Å². The van der Waals surface area contributed by atoms with Gasteiger partial charge in [-0.15, -0.1) is 13.2 Å². The average Bonchev–Trinajstić information content (AvgIpc) is 2.79. The first-order valence-electron chi connectivity index (χ1n) is 13.1. The van der Waals surface area contributed by atoms with Crippen LogP contribution in [-0.4, -0.2) is 0 Å². The summed E-state index contributed by atoms with van der Waals surface area (Å²) in [5, 5.41) is 0. The van der Waals surface area contributed by atoms with Crippen molar-refractivity contribution in [2.75, 3.05) is 0 Å². The topological polar surface area (TPSA) is 0 Å². The Balaban J connectivity index is -0.00000184. The molecule has 0 aliphatic carbocycles. The second-order valence-corrected chi connectivity index (χ2v) is 9.78. The van der Waals surface area contributed by atoms with Crippen LogP contribution in [0.2, 0.25) is 0 Å². The molecule has 0 nitrogen and oxygen atoms in total. The fourth-order valence-electron chi connectivity index (χ4n) is 3.21. The summed E-state index contributed by atoms with van der Waals surface area (Å²) in [6, 6.07) is 0. The Hall–Kier alpha value is -1.04. The summed E-state index contributed by atoms with van der Waals surface area (Å²) >= 11 is 0. The highest BCUT2D eigenvalue weighted by atomic mass is 14.2. The van der Waals surface area contributed by atoms with Crippen molar-refractivity contribution in [1.82, 2.24) is 0 Å². The van der Waals surface area contributed by atoms with Crippen molar-refractivity contribution in [3.05, 3.63) is 48.6 Å². The second kappa shape index (κ2) is 22.2. The maximum absolute atomic E-state index is 3.00. The van der Waals surface area contributed by atoms with Gasteiger partial charge in [-0.2, -0.15) is 0 Å². The molecule has 0 saturated carbocycles. The lowest BCUT2D eigenvalue weighted by Crippen LogP contribution is -2.10. The summed E-state index contributed by atoms with van der Waals surface area (Å²) in [5.41, 5.74) is 2.89. The standard InChI is InChI=1S/C27H50.C2H6.C2H4/c1-11-21(4)13-15-23(6)25(8)17-19-27(10)26(9)18-16-24(7)22(5)14-12-20(2)3;2*1-2/h12,14,17,19,21,23-27H,11,13,15-16,18H2,1-10H3;1-2H3;1-2H2/b19-17-,22-14+;;. The van der Waals surface area contributed by atoms with Gasteiger partial charge in [0, 0.05) is 0 Å². The molecule has 0 amide bonds. The van der Waals surface area contributed by atoms with Crippen molar-refractivity contribution >= 4 is 0 Å². The molecule has 0 aliphatic rings. The summed E-state index contributed by atoms with van der Waals surface area (Å²) in [6.07, 6.45) is 16.2. The van der Waals surface area contributed by atoms with Crippen LogP contribution in [0.4, 0.5) is 0 Å². The molecule has 0 heterocycles. The summed E-state index contributed by atoms with van der Waals surface area (Å²) in [7, 11) is 0. The molecule has 0 aromatic rings. The predicted molar refractivity (Wildman–Crippen MR) is 149 cm³/mol. The third kappa shape index (κ3) is 19.4. The van der Waals surface area contributed by atoms with Gasteiger partial charge in [-0.1, -0.05) is 111 Å². The van der Waals surface area contributed by atoms with Crippen LogP contribution < -0.4 is 0 Å². The van der Waals surface area contributed by atoms with Crippen LogP contribution in [0.3, 0.4) is 0 Å². The van der Waals surface area contributed by atoms with Crippen molar-refractivity contribution in [1.29, 1.82) is 0 Å². The molecular formula is C31H60. The molecule has 0 saturated heterocycles. The third-order valence-corrected chi connectivity index (χ3v) is 6.84. The normalized spacial score (nSPS) is 17.2. The molecule has 0 aromatic carbocycles. The van der Waals surface area contributed by atoms with E-state index >= 15 is 0 Å². The Labute approximate surface area is 199 Å². The number of rotatable bonds is 13. The Bertz CT molecular complexity index is 474. The van der Waals surface area contributed by atoms with Crippen LogP contribution in [0.25, 0.3) is 0 Å². The zero-order valence-corrected chi connectivity index (χ0v) is 23.7. The summed E-state index contributed by atoms with van der Waals surface area (Å²) in [5.74, 6) is 4.46. The molecule has 6 unspecified atom stereocenters. The highest BCUT2D eigenvalue weighted by Gasteiger charge is 2.14. The first kappa shape index (κ1) is 34.6. The second-order valence-electron chi connectivity index (χ2n) is 9.78. The molecular weight excluding hydrogens is 372 g/mol. The van der Waals surface area contributed by atoms with Gasteiger partial charge in [0.15, 0.2) is 0 Å². The minimum atomic E-state index is 0.670. The van der Waals surface area contributed by atoms with Gasteiger partial charge >= 0.3 is 0 Å². The monoisotopic (exact) mass is 432 g/mol. The molecule has 0 rings (SSSR count). The summed E-state index contributed by atoms with van der Waals surface area (Å²) in [4.78, 5) is 0. The molecule has 0 aliphatic heterocycles. The largest absolute Gasteiger partial charge is 0.106 e. The Morgan fingerprint density at radius 3 is 1.48 bits per heavy atom. The molecule has 0 N–H and O–H groups in total. The van der Waals surface area contributed by atoms with Crippen LogP contribution in [0.15, 0.2) is 48.6 Å². The Morgan fingerprint density at radius 2 is 1.10 bits per heavy atom. The van der Waals surface area contributed by atoms with Gasteiger partial charge in [0.05, 0.1) is 0 Å². The molecule has 0 bridgehead atoms. The molecule has 184 valence electrons. The van der Waals surface area contributed by atoms with E-state index in [9.17, 15) is 0 Å². The van der Waals surface area contributed by atoms with E-state index in [0.29, 0.717) is 17.8 Å². The molecule has 0 fully saturated rings. The SMILES string of the molecule is C=C.CC.CCC(C)CCC(C)C(C)/C=C\C(C)C(C)CCC(C)/C(C)=C/C=C(C)C. The van der Waals surface area contributed by atoms with Crippen LogP contribution >= 0.6 is 0 Å². The number of hydrogen-bond acceptors (Lipinski definition) is 0. The maximum atomic E-state index is 3.00. The van der Waals surface area contributed by atoms with E-state index in [-0.39, 0.29) is 0 Å². The van der Waals surface area contributed by atoms with Gasteiger partial charge in [0.2, 0.25) is 0 Å². The van der Waals surface area contributed by atoms with E-state index in [1.165, 1.54) is 43.3 Å². The van der Waals surface area contributed by atoms with Gasteiger partial charge in [-0.25, -0.2) is 0 Å². The van der Waals surface area contributed by atoms with E-state index in [4.69, 9.17) is 0 Å². The van der Waals surface area contributed by atoms with Crippen LogP contribution in [-0.2, 0) is 0 Å². The Kier molecular flexibility index (Phi) is 24.7. The molecule has 0 radical (unpaired) electrons. The number of hydrogen-bond donors (Lipinski definition) is 0. The highest BCUT2D eigenvalue weighted by Crippen LogP contribution is 2.26. The van der Waals surface area contributed by atoms with Crippen LogP contribution in [0.5, 0.6) is 0 Å². The zero-order chi connectivity index (χ0) is 25.0. The summed E-state index contributed by atoms with van der Waals surface area (Å²) in [6.45, 7) is 33.3. The van der Waals surface area contributed by atoms with Gasteiger partial charge < -0.3 is 0 Å². The zero-order valence-electron chi connectivity index (χ0n) is 23.7. The fraction of sp³-hybridized carbons (Fsp3) is 0.742.